The minimum absolute atomic E-state index is 0.0413. The highest BCUT2D eigenvalue weighted by molar-refractivity contribution is 6.35. The molecule has 0 bridgehead atoms. The van der Waals surface area contributed by atoms with Gasteiger partial charge in [-0.15, -0.1) is 0 Å². The van der Waals surface area contributed by atoms with Crippen LogP contribution in [-0.2, 0) is 11.2 Å². The summed E-state index contributed by atoms with van der Waals surface area (Å²) in [7, 11) is 0. The summed E-state index contributed by atoms with van der Waals surface area (Å²) >= 11 is 12.1. The van der Waals surface area contributed by atoms with Crippen molar-refractivity contribution in [3.05, 3.63) is 57.6 Å². The van der Waals surface area contributed by atoms with Gasteiger partial charge < -0.3 is 14.8 Å². The van der Waals surface area contributed by atoms with E-state index < -0.39 is 0 Å². The third-order valence-electron chi connectivity index (χ3n) is 4.08. The molecule has 2 rings (SSSR count). The second kappa shape index (κ2) is 10.4. The summed E-state index contributed by atoms with van der Waals surface area (Å²) in [5.74, 6) is 1.35. The van der Waals surface area contributed by atoms with Crippen molar-refractivity contribution in [3.63, 3.8) is 0 Å². The van der Waals surface area contributed by atoms with Crippen LogP contribution in [0.1, 0.15) is 44.4 Å². The molecule has 4 nitrogen and oxygen atoms in total. The Morgan fingerprint density at radius 2 is 1.74 bits per heavy atom. The van der Waals surface area contributed by atoms with Crippen molar-refractivity contribution in [2.75, 3.05) is 13.2 Å². The maximum atomic E-state index is 12.3. The third kappa shape index (κ3) is 6.33. The predicted octanol–water partition coefficient (Wildman–Crippen LogP) is 5.60. The maximum Gasteiger partial charge on any atom is 0.220 e. The molecule has 1 amide bonds. The highest BCUT2D eigenvalue weighted by atomic mass is 35.5. The van der Waals surface area contributed by atoms with E-state index in [1.807, 2.05) is 45.0 Å². The lowest BCUT2D eigenvalue weighted by atomic mass is 10.1. The Bertz CT molecular complexity index is 780. The molecule has 0 spiro atoms. The highest BCUT2D eigenvalue weighted by Crippen LogP contribution is 2.30. The van der Waals surface area contributed by atoms with E-state index in [-0.39, 0.29) is 11.9 Å². The monoisotopic (exact) mass is 409 g/mol. The Morgan fingerprint density at radius 1 is 1.04 bits per heavy atom. The number of carbonyl (C=O) groups is 1. The lowest BCUT2D eigenvalue weighted by Gasteiger charge is -2.17. The van der Waals surface area contributed by atoms with Gasteiger partial charge in [-0.2, -0.15) is 0 Å². The molecular weight excluding hydrogens is 385 g/mol. The summed E-state index contributed by atoms with van der Waals surface area (Å²) in [4.78, 5) is 12.3. The van der Waals surface area contributed by atoms with Crippen molar-refractivity contribution >= 4 is 29.1 Å². The first-order chi connectivity index (χ1) is 12.9. The van der Waals surface area contributed by atoms with Crippen LogP contribution in [0.3, 0.4) is 0 Å². The number of aryl methyl sites for hydroxylation is 1. The lowest BCUT2D eigenvalue weighted by Crippen LogP contribution is -2.26. The summed E-state index contributed by atoms with van der Waals surface area (Å²) in [5, 5.41) is 4.18. The number of ether oxygens (including phenoxy) is 2. The molecule has 2 aromatic rings. The van der Waals surface area contributed by atoms with Gasteiger partial charge in [0.1, 0.15) is 0 Å². The summed E-state index contributed by atoms with van der Waals surface area (Å²) < 4.78 is 11.2. The SMILES string of the molecule is CCOc1ccc(C(C)NC(=O)CCc2ccc(Cl)cc2Cl)cc1OCC. The van der Waals surface area contributed by atoms with Gasteiger partial charge in [0.05, 0.1) is 19.3 Å². The van der Waals surface area contributed by atoms with E-state index in [0.717, 1.165) is 11.1 Å². The van der Waals surface area contributed by atoms with Crippen LogP contribution in [0, 0.1) is 0 Å². The van der Waals surface area contributed by atoms with Gasteiger partial charge in [0.25, 0.3) is 0 Å². The predicted molar refractivity (Wildman–Crippen MR) is 110 cm³/mol. The lowest BCUT2D eigenvalue weighted by molar-refractivity contribution is -0.121. The van der Waals surface area contributed by atoms with Gasteiger partial charge in [-0.05, 0) is 62.6 Å². The maximum absolute atomic E-state index is 12.3. The molecule has 6 heteroatoms. The molecule has 0 aliphatic heterocycles. The molecule has 0 aliphatic carbocycles. The Balaban J connectivity index is 1.98. The van der Waals surface area contributed by atoms with Crippen molar-refractivity contribution in [2.24, 2.45) is 0 Å². The topological polar surface area (TPSA) is 47.6 Å². The van der Waals surface area contributed by atoms with Crippen LogP contribution in [0.5, 0.6) is 11.5 Å². The second-order valence-electron chi connectivity index (χ2n) is 6.10. The quantitative estimate of drug-likeness (QED) is 0.585. The average Bonchev–Trinajstić information content (AvgIpc) is 2.62. The average molecular weight is 410 g/mol. The Hall–Kier alpha value is -1.91. The Morgan fingerprint density at radius 3 is 2.41 bits per heavy atom. The molecule has 1 unspecified atom stereocenters. The van der Waals surface area contributed by atoms with Crippen molar-refractivity contribution in [1.29, 1.82) is 0 Å². The van der Waals surface area contributed by atoms with Crippen molar-refractivity contribution in [2.45, 2.75) is 39.7 Å². The first-order valence-corrected chi connectivity index (χ1v) is 9.83. The van der Waals surface area contributed by atoms with Gasteiger partial charge >= 0.3 is 0 Å². The molecule has 0 radical (unpaired) electrons. The summed E-state index contributed by atoms with van der Waals surface area (Å²) in [6.07, 6.45) is 0.906. The van der Waals surface area contributed by atoms with Crippen LogP contribution < -0.4 is 14.8 Å². The molecular formula is C21H25Cl2NO3. The summed E-state index contributed by atoms with van der Waals surface area (Å²) in [5.41, 5.74) is 1.86. The fraction of sp³-hybridized carbons (Fsp3) is 0.381. The normalized spacial score (nSPS) is 11.7. The van der Waals surface area contributed by atoms with Gasteiger partial charge in [-0.3, -0.25) is 4.79 Å². The molecule has 0 saturated carbocycles. The highest BCUT2D eigenvalue weighted by Gasteiger charge is 2.14. The zero-order chi connectivity index (χ0) is 19.8. The molecule has 0 aliphatic rings. The number of benzene rings is 2. The van der Waals surface area contributed by atoms with E-state index >= 15 is 0 Å². The minimum atomic E-state index is -0.145. The number of nitrogens with one attached hydrogen (secondary N) is 1. The number of amides is 1. The fourth-order valence-corrected chi connectivity index (χ4v) is 3.21. The number of halogens is 2. The van der Waals surface area contributed by atoms with Gasteiger partial charge in [0.15, 0.2) is 11.5 Å². The van der Waals surface area contributed by atoms with E-state index in [1.54, 1.807) is 12.1 Å². The first-order valence-electron chi connectivity index (χ1n) is 9.07. The zero-order valence-corrected chi connectivity index (χ0v) is 17.4. The van der Waals surface area contributed by atoms with Crippen LogP contribution in [-0.4, -0.2) is 19.1 Å². The molecule has 2 aromatic carbocycles. The molecule has 0 aromatic heterocycles. The number of rotatable bonds is 9. The van der Waals surface area contributed by atoms with Gasteiger partial charge in [-0.25, -0.2) is 0 Å². The number of carbonyl (C=O) groups excluding carboxylic acids is 1. The molecule has 27 heavy (non-hydrogen) atoms. The largest absolute Gasteiger partial charge is 0.490 e. The van der Waals surface area contributed by atoms with Crippen molar-refractivity contribution in [1.82, 2.24) is 5.32 Å². The van der Waals surface area contributed by atoms with E-state index in [1.165, 1.54) is 0 Å². The molecule has 0 heterocycles. The number of hydrogen-bond donors (Lipinski definition) is 1. The minimum Gasteiger partial charge on any atom is -0.490 e. The van der Waals surface area contributed by atoms with E-state index in [4.69, 9.17) is 32.7 Å². The Kier molecular flexibility index (Phi) is 8.26. The standard InChI is InChI=1S/C21H25Cl2NO3/c1-4-26-19-10-7-16(12-20(19)27-5-2)14(3)24-21(25)11-8-15-6-9-17(22)13-18(15)23/h6-7,9-10,12-14H,4-5,8,11H2,1-3H3,(H,24,25). The fourth-order valence-electron chi connectivity index (χ4n) is 2.71. The van der Waals surface area contributed by atoms with Crippen LogP contribution in [0.4, 0.5) is 0 Å². The van der Waals surface area contributed by atoms with Gasteiger partial charge in [0, 0.05) is 16.5 Å². The van der Waals surface area contributed by atoms with Crippen LogP contribution in [0.2, 0.25) is 10.0 Å². The van der Waals surface area contributed by atoms with Crippen LogP contribution in [0.25, 0.3) is 0 Å². The van der Waals surface area contributed by atoms with Crippen LogP contribution in [0.15, 0.2) is 36.4 Å². The molecule has 0 fully saturated rings. The van der Waals surface area contributed by atoms with E-state index in [0.29, 0.717) is 47.6 Å². The first kappa shape index (κ1) is 21.4. The van der Waals surface area contributed by atoms with Gasteiger partial charge in [-0.1, -0.05) is 35.3 Å². The molecule has 146 valence electrons. The second-order valence-corrected chi connectivity index (χ2v) is 6.94. The third-order valence-corrected chi connectivity index (χ3v) is 4.67. The zero-order valence-electron chi connectivity index (χ0n) is 15.9. The van der Waals surface area contributed by atoms with Gasteiger partial charge in [0.2, 0.25) is 5.91 Å². The van der Waals surface area contributed by atoms with Crippen molar-refractivity contribution in [3.8, 4) is 11.5 Å². The van der Waals surface area contributed by atoms with E-state index in [2.05, 4.69) is 5.32 Å². The molecule has 1 atom stereocenters. The number of hydrogen-bond acceptors (Lipinski definition) is 3. The van der Waals surface area contributed by atoms with Crippen molar-refractivity contribution < 1.29 is 14.3 Å². The Labute approximate surface area is 170 Å². The smallest absolute Gasteiger partial charge is 0.220 e. The summed E-state index contributed by atoms with van der Waals surface area (Å²) in [6, 6.07) is 10.9. The summed E-state index contributed by atoms with van der Waals surface area (Å²) in [6.45, 7) is 6.92. The molecule has 0 saturated heterocycles. The van der Waals surface area contributed by atoms with Crippen LogP contribution >= 0.6 is 23.2 Å². The van der Waals surface area contributed by atoms with E-state index in [9.17, 15) is 4.79 Å². The molecule has 1 N–H and O–H groups in total.